The molecule has 1 aromatic heterocycles. The normalized spacial score (nSPS) is 14.4. The number of aromatic nitrogens is 1. The number of aryl methyl sites for hydroxylation is 2. The molecule has 1 aliphatic heterocycles. The summed E-state index contributed by atoms with van der Waals surface area (Å²) in [6.07, 6.45) is 1.64. The van der Waals surface area contributed by atoms with Gasteiger partial charge in [-0.1, -0.05) is 17.7 Å². The molecular formula is C23H25N3O5S2. The standard InChI is InChI=1S/C23H25N3O5S2/c1-15-5-7-17(8-6-15)31-14-21-24-16(2)22(32-21)23(28)25-19-13-18(9-10-20(19)27)33(29,30)26-11-3-4-12-26/h5-10,13,27H,3-4,11-12,14H2,1-2H3,(H,25,28). The fourth-order valence-electron chi connectivity index (χ4n) is 3.54. The number of phenols is 1. The summed E-state index contributed by atoms with van der Waals surface area (Å²) >= 11 is 1.19. The highest BCUT2D eigenvalue weighted by Gasteiger charge is 2.28. The van der Waals surface area contributed by atoms with Crippen molar-refractivity contribution in [3.8, 4) is 11.5 Å². The van der Waals surface area contributed by atoms with E-state index in [1.165, 1.54) is 33.8 Å². The first-order valence-electron chi connectivity index (χ1n) is 10.5. The van der Waals surface area contributed by atoms with E-state index in [-0.39, 0.29) is 22.9 Å². The number of aromatic hydroxyl groups is 1. The number of amides is 1. The molecule has 0 bridgehead atoms. The predicted molar refractivity (Wildman–Crippen MR) is 126 cm³/mol. The monoisotopic (exact) mass is 487 g/mol. The molecule has 1 amide bonds. The van der Waals surface area contributed by atoms with E-state index in [4.69, 9.17) is 4.74 Å². The Kier molecular flexibility index (Phi) is 6.68. The van der Waals surface area contributed by atoms with Crippen molar-refractivity contribution in [2.75, 3.05) is 18.4 Å². The van der Waals surface area contributed by atoms with E-state index in [2.05, 4.69) is 10.3 Å². The largest absolute Gasteiger partial charge is 0.506 e. The summed E-state index contributed by atoms with van der Waals surface area (Å²) < 4.78 is 32.8. The summed E-state index contributed by atoms with van der Waals surface area (Å²) in [6, 6.07) is 11.6. The number of rotatable bonds is 7. The highest BCUT2D eigenvalue weighted by atomic mass is 32.2. The molecule has 0 aliphatic carbocycles. The molecule has 0 saturated carbocycles. The maximum atomic E-state index is 12.9. The van der Waals surface area contributed by atoms with E-state index in [1.807, 2.05) is 31.2 Å². The Morgan fingerprint density at radius 1 is 1.15 bits per heavy atom. The maximum absolute atomic E-state index is 12.9. The maximum Gasteiger partial charge on any atom is 0.267 e. The Balaban J connectivity index is 1.48. The average molecular weight is 488 g/mol. The molecular weight excluding hydrogens is 462 g/mol. The van der Waals surface area contributed by atoms with Crippen molar-refractivity contribution >= 4 is 33.0 Å². The van der Waals surface area contributed by atoms with Gasteiger partial charge in [0, 0.05) is 13.1 Å². The minimum absolute atomic E-state index is 0.0329. The lowest BCUT2D eigenvalue weighted by atomic mass is 10.2. The molecule has 174 valence electrons. The number of phenolic OH excluding ortho intramolecular Hbond substituents is 1. The van der Waals surface area contributed by atoms with Crippen molar-refractivity contribution in [1.82, 2.24) is 9.29 Å². The zero-order chi connectivity index (χ0) is 23.6. The molecule has 33 heavy (non-hydrogen) atoms. The smallest absolute Gasteiger partial charge is 0.267 e. The first kappa shape index (κ1) is 23.2. The number of carbonyl (C=O) groups is 1. The van der Waals surface area contributed by atoms with Gasteiger partial charge >= 0.3 is 0 Å². The van der Waals surface area contributed by atoms with Gasteiger partial charge in [-0.25, -0.2) is 13.4 Å². The first-order chi connectivity index (χ1) is 15.7. The zero-order valence-electron chi connectivity index (χ0n) is 18.4. The van der Waals surface area contributed by atoms with E-state index in [0.29, 0.717) is 34.4 Å². The van der Waals surface area contributed by atoms with E-state index in [1.54, 1.807) is 6.92 Å². The highest BCUT2D eigenvalue weighted by Crippen LogP contribution is 2.30. The number of anilines is 1. The van der Waals surface area contributed by atoms with Crippen molar-refractivity contribution < 1.29 is 23.1 Å². The van der Waals surface area contributed by atoms with Crippen molar-refractivity contribution in [3.63, 3.8) is 0 Å². The van der Waals surface area contributed by atoms with Gasteiger partial charge in [0.05, 0.1) is 16.3 Å². The van der Waals surface area contributed by atoms with Crippen molar-refractivity contribution in [1.29, 1.82) is 0 Å². The predicted octanol–water partition coefficient (Wildman–Crippen LogP) is 4.08. The minimum atomic E-state index is -3.67. The third-order valence-electron chi connectivity index (χ3n) is 5.35. The van der Waals surface area contributed by atoms with Crippen LogP contribution in [0.5, 0.6) is 11.5 Å². The van der Waals surface area contributed by atoms with Gasteiger partial charge in [-0.2, -0.15) is 4.31 Å². The number of nitrogens with one attached hydrogen (secondary N) is 1. The van der Waals surface area contributed by atoms with Gasteiger partial charge in [-0.05, 0) is 57.0 Å². The molecule has 10 heteroatoms. The quantitative estimate of drug-likeness (QED) is 0.486. The molecule has 8 nitrogen and oxygen atoms in total. The van der Waals surface area contributed by atoms with Crippen LogP contribution in [0.25, 0.3) is 0 Å². The van der Waals surface area contributed by atoms with Gasteiger partial charge in [-0.15, -0.1) is 11.3 Å². The van der Waals surface area contributed by atoms with Crippen molar-refractivity contribution in [2.45, 2.75) is 38.2 Å². The Labute approximate surface area is 196 Å². The van der Waals surface area contributed by atoms with E-state index >= 15 is 0 Å². The molecule has 0 radical (unpaired) electrons. The highest BCUT2D eigenvalue weighted by molar-refractivity contribution is 7.89. The van der Waals surface area contributed by atoms with E-state index in [9.17, 15) is 18.3 Å². The molecule has 2 heterocycles. The van der Waals surface area contributed by atoms with Gasteiger partial charge in [-0.3, -0.25) is 4.79 Å². The fourth-order valence-corrected chi connectivity index (χ4v) is 5.95. The minimum Gasteiger partial charge on any atom is -0.506 e. The number of benzene rings is 2. The number of hydrogen-bond acceptors (Lipinski definition) is 7. The third-order valence-corrected chi connectivity index (χ3v) is 8.37. The Morgan fingerprint density at radius 3 is 2.55 bits per heavy atom. The number of hydrogen-bond donors (Lipinski definition) is 2. The van der Waals surface area contributed by atoms with Crippen LogP contribution in [0.3, 0.4) is 0 Å². The molecule has 2 N–H and O–H groups in total. The topological polar surface area (TPSA) is 109 Å². The Bertz CT molecular complexity index is 1260. The summed E-state index contributed by atoms with van der Waals surface area (Å²) in [5, 5.41) is 13.5. The van der Waals surface area contributed by atoms with Gasteiger partial charge in [0.25, 0.3) is 5.91 Å². The molecule has 0 unspecified atom stereocenters. The second-order valence-electron chi connectivity index (χ2n) is 7.87. The number of ether oxygens (including phenoxy) is 1. The lowest BCUT2D eigenvalue weighted by Gasteiger charge is -2.16. The lowest BCUT2D eigenvalue weighted by molar-refractivity contribution is 0.102. The van der Waals surface area contributed by atoms with Crippen molar-refractivity contribution in [2.24, 2.45) is 0 Å². The second-order valence-corrected chi connectivity index (χ2v) is 10.9. The van der Waals surface area contributed by atoms with Gasteiger partial charge in [0.15, 0.2) is 0 Å². The summed E-state index contributed by atoms with van der Waals surface area (Å²) in [5.41, 5.74) is 1.69. The van der Waals surface area contributed by atoms with E-state index < -0.39 is 15.9 Å². The molecule has 4 rings (SSSR count). The zero-order valence-corrected chi connectivity index (χ0v) is 20.0. The van der Waals surface area contributed by atoms with Crippen LogP contribution in [-0.2, 0) is 16.6 Å². The van der Waals surface area contributed by atoms with Crippen LogP contribution < -0.4 is 10.1 Å². The molecule has 1 fully saturated rings. The first-order valence-corrected chi connectivity index (χ1v) is 12.8. The van der Waals surface area contributed by atoms with Gasteiger partial charge in [0.1, 0.15) is 28.0 Å². The second kappa shape index (κ2) is 9.50. The summed E-state index contributed by atoms with van der Waals surface area (Å²) in [4.78, 5) is 17.7. The summed E-state index contributed by atoms with van der Waals surface area (Å²) in [7, 11) is -3.67. The van der Waals surface area contributed by atoms with Crippen LogP contribution in [0, 0.1) is 13.8 Å². The lowest BCUT2D eigenvalue weighted by Crippen LogP contribution is -2.28. The van der Waals surface area contributed by atoms with Crippen LogP contribution in [0.1, 0.15) is 38.8 Å². The summed E-state index contributed by atoms with van der Waals surface area (Å²) in [5.74, 6) is 0.0202. The summed E-state index contributed by atoms with van der Waals surface area (Å²) in [6.45, 7) is 4.87. The number of carbonyl (C=O) groups excluding carboxylic acids is 1. The average Bonchev–Trinajstić information content (AvgIpc) is 3.45. The van der Waals surface area contributed by atoms with Crippen LogP contribution in [0.15, 0.2) is 47.4 Å². The van der Waals surface area contributed by atoms with Crippen LogP contribution in [0.4, 0.5) is 5.69 Å². The SMILES string of the molecule is Cc1ccc(OCc2nc(C)c(C(=O)Nc3cc(S(=O)(=O)N4CCCC4)ccc3O)s2)cc1. The molecule has 0 atom stereocenters. The molecule has 1 saturated heterocycles. The van der Waals surface area contributed by atoms with Crippen LogP contribution >= 0.6 is 11.3 Å². The number of nitrogens with zero attached hydrogens (tertiary/aromatic N) is 2. The number of sulfonamides is 1. The van der Waals surface area contributed by atoms with Gasteiger partial charge < -0.3 is 15.2 Å². The fraction of sp³-hybridized carbons (Fsp3) is 0.304. The molecule has 3 aromatic rings. The molecule has 2 aromatic carbocycles. The third kappa shape index (κ3) is 5.18. The van der Waals surface area contributed by atoms with Crippen molar-refractivity contribution in [3.05, 3.63) is 63.6 Å². The Morgan fingerprint density at radius 2 is 1.85 bits per heavy atom. The van der Waals surface area contributed by atoms with Crippen LogP contribution in [0.2, 0.25) is 0 Å². The van der Waals surface area contributed by atoms with E-state index in [0.717, 1.165) is 18.4 Å². The van der Waals surface area contributed by atoms with Crippen LogP contribution in [-0.4, -0.2) is 41.8 Å². The van der Waals surface area contributed by atoms with Gasteiger partial charge in [0.2, 0.25) is 10.0 Å². The molecule has 1 aliphatic rings. The number of thiazole rings is 1. The molecule has 0 spiro atoms. The Hall–Kier alpha value is -2.95.